The van der Waals surface area contributed by atoms with Crippen molar-refractivity contribution in [2.75, 3.05) is 33.2 Å². The summed E-state index contributed by atoms with van der Waals surface area (Å²) in [5.41, 5.74) is -0.0977. The average Bonchev–Trinajstić information content (AvgIpc) is 2.38. The molecule has 0 spiro atoms. The van der Waals surface area contributed by atoms with Crippen LogP contribution in [0.3, 0.4) is 0 Å². The Hall–Kier alpha value is -0.610. The van der Waals surface area contributed by atoms with Gasteiger partial charge in [0.15, 0.2) is 0 Å². The smallest absolute Gasteiger partial charge is 0.305 e. The molecule has 0 aromatic carbocycles. The first-order valence-electron chi connectivity index (χ1n) is 8.11. The molecule has 0 amide bonds. The quantitative estimate of drug-likeness (QED) is 0.859. The number of carboxylic acid groups (broad SMARTS) is 1. The van der Waals surface area contributed by atoms with E-state index in [-0.39, 0.29) is 5.54 Å². The first kappa shape index (κ1) is 15.8. The summed E-state index contributed by atoms with van der Waals surface area (Å²) in [5.74, 6) is 0.460. The molecule has 4 heteroatoms. The lowest BCUT2D eigenvalue weighted by molar-refractivity contribution is -0.145. The Morgan fingerprint density at radius 1 is 1.25 bits per heavy atom. The summed E-state index contributed by atoms with van der Waals surface area (Å²) in [7, 11) is 2.15. The van der Waals surface area contributed by atoms with Gasteiger partial charge in [-0.15, -0.1) is 0 Å². The van der Waals surface area contributed by atoms with Gasteiger partial charge < -0.3 is 10.0 Å². The van der Waals surface area contributed by atoms with Gasteiger partial charge in [0.25, 0.3) is 0 Å². The molecule has 1 heterocycles. The van der Waals surface area contributed by atoms with E-state index < -0.39 is 5.97 Å². The molecule has 0 bridgehead atoms. The molecule has 2 fully saturated rings. The summed E-state index contributed by atoms with van der Waals surface area (Å²) < 4.78 is 0. The van der Waals surface area contributed by atoms with Crippen LogP contribution in [0.15, 0.2) is 0 Å². The van der Waals surface area contributed by atoms with E-state index in [0.717, 1.165) is 32.6 Å². The third-order valence-electron chi connectivity index (χ3n) is 5.46. The van der Waals surface area contributed by atoms with Crippen LogP contribution in [0.25, 0.3) is 0 Å². The number of hydrogen-bond donors (Lipinski definition) is 1. The third-order valence-corrected chi connectivity index (χ3v) is 5.46. The van der Waals surface area contributed by atoms with Crippen molar-refractivity contribution in [3.8, 4) is 0 Å². The van der Waals surface area contributed by atoms with Crippen LogP contribution in [0.5, 0.6) is 0 Å². The molecule has 1 aliphatic carbocycles. The summed E-state index contributed by atoms with van der Waals surface area (Å²) in [6, 6.07) is 0. The van der Waals surface area contributed by atoms with Crippen LogP contribution in [-0.2, 0) is 4.79 Å². The molecule has 4 nitrogen and oxygen atoms in total. The van der Waals surface area contributed by atoms with Crippen molar-refractivity contribution >= 4 is 5.97 Å². The number of carboxylic acids is 1. The predicted molar refractivity (Wildman–Crippen MR) is 80.8 cm³/mol. The molecule has 2 unspecified atom stereocenters. The molecule has 0 radical (unpaired) electrons. The lowest BCUT2D eigenvalue weighted by Crippen LogP contribution is -2.62. The van der Waals surface area contributed by atoms with E-state index in [1.54, 1.807) is 0 Å². The van der Waals surface area contributed by atoms with E-state index in [2.05, 4.69) is 30.7 Å². The molecular formula is C16H30N2O2. The van der Waals surface area contributed by atoms with Crippen LogP contribution >= 0.6 is 0 Å². The Labute approximate surface area is 123 Å². The van der Waals surface area contributed by atoms with Crippen LogP contribution < -0.4 is 0 Å². The number of aliphatic carboxylic acids is 1. The highest BCUT2D eigenvalue weighted by molar-refractivity contribution is 5.68. The Morgan fingerprint density at radius 3 is 2.45 bits per heavy atom. The number of hydrogen-bond acceptors (Lipinski definition) is 3. The van der Waals surface area contributed by atoms with Gasteiger partial charge in [0.2, 0.25) is 0 Å². The lowest BCUT2D eigenvalue weighted by atomic mass is 9.65. The number of rotatable bonds is 4. The molecular weight excluding hydrogens is 252 g/mol. The van der Waals surface area contributed by atoms with E-state index in [1.165, 1.54) is 19.3 Å². The normalized spacial score (nSPS) is 33.5. The van der Waals surface area contributed by atoms with Crippen LogP contribution in [0.4, 0.5) is 0 Å². The van der Waals surface area contributed by atoms with Gasteiger partial charge in [-0.3, -0.25) is 9.69 Å². The van der Waals surface area contributed by atoms with Crippen molar-refractivity contribution in [3.05, 3.63) is 0 Å². The molecule has 0 aromatic rings. The highest BCUT2D eigenvalue weighted by atomic mass is 16.4. The largest absolute Gasteiger partial charge is 0.481 e. The fraction of sp³-hybridized carbons (Fsp3) is 0.938. The standard InChI is InChI=1S/C16H30N2O2/c1-13(2)14-6-4-5-7-16(14,12-15(19)20)18-10-8-17(3)9-11-18/h13-14H,4-12H2,1-3H3,(H,19,20). The molecule has 116 valence electrons. The highest BCUT2D eigenvalue weighted by Gasteiger charge is 2.48. The fourth-order valence-corrected chi connectivity index (χ4v) is 4.44. The Morgan fingerprint density at radius 2 is 1.90 bits per heavy atom. The third kappa shape index (κ3) is 3.17. The molecule has 1 saturated carbocycles. The second-order valence-electron chi connectivity index (χ2n) is 7.06. The maximum Gasteiger partial charge on any atom is 0.305 e. The number of carbonyl (C=O) groups is 1. The zero-order valence-corrected chi connectivity index (χ0v) is 13.3. The van der Waals surface area contributed by atoms with Crippen molar-refractivity contribution in [1.82, 2.24) is 9.80 Å². The van der Waals surface area contributed by atoms with Gasteiger partial charge in [0, 0.05) is 31.7 Å². The van der Waals surface area contributed by atoms with Gasteiger partial charge in [0.1, 0.15) is 0 Å². The predicted octanol–water partition coefficient (Wildman–Crippen LogP) is 2.29. The fourth-order valence-electron chi connectivity index (χ4n) is 4.44. The van der Waals surface area contributed by atoms with Crippen molar-refractivity contribution in [3.63, 3.8) is 0 Å². The lowest BCUT2D eigenvalue weighted by Gasteiger charge is -2.54. The minimum absolute atomic E-state index is 0.0977. The Balaban J connectivity index is 2.25. The van der Waals surface area contributed by atoms with Crippen LogP contribution in [0.2, 0.25) is 0 Å². The molecule has 0 aromatic heterocycles. The SMILES string of the molecule is CC(C)C1CCCCC1(CC(=O)O)N1CCN(C)CC1. The molecule has 2 aliphatic rings. The maximum absolute atomic E-state index is 11.5. The van der Waals surface area contributed by atoms with E-state index in [0.29, 0.717) is 18.3 Å². The highest BCUT2D eigenvalue weighted by Crippen LogP contribution is 2.45. The van der Waals surface area contributed by atoms with E-state index in [9.17, 15) is 9.90 Å². The van der Waals surface area contributed by atoms with Gasteiger partial charge >= 0.3 is 5.97 Å². The molecule has 1 aliphatic heterocycles. The van der Waals surface area contributed by atoms with Gasteiger partial charge in [-0.2, -0.15) is 0 Å². The second kappa shape index (κ2) is 6.44. The van der Waals surface area contributed by atoms with Crippen molar-refractivity contribution < 1.29 is 9.90 Å². The van der Waals surface area contributed by atoms with Gasteiger partial charge in [-0.1, -0.05) is 26.7 Å². The van der Waals surface area contributed by atoms with Crippen molar-refractivity contribution in [2.24, 2.45) is 11.8 Å². The van der Waals surface area contributed by atoms with Crippen molar-refractivity contribution in [1.29, 1.82) is 0 Å². The monoisotopic (exact) mass is 282 g/mol. The average molecular weight is 282 g/mol. The van der Waals surface area contributed by atoms with Crippen LogP contribution in [0, 0.1) is 11.8 Å². The minimum Gasteiger partial charge on any atom is -0.481 e. The van der Waals surface area contributed by atoms with E-state index >= 15 is 0 Å². The summed E-state index contributed by atoms with van der Waals surface area (Å²) in [6.07, 6.45) is 5.02. The van der Waals surface area contributed by atoms with Gasteiger partial charge in [-0.25, -0.2) is 0 Å². The van der Waals surface area contributed by atoms with E-state index in [1.807, 2.05) is 0 Å². The molecule has 2 rings (SSSR count). The number of likely N-dealkylation sites (N-methyl/N-ethyl adjacent to an activating group) is 1. The first-order valence-corrected chi connectivity index (χ1v) is 8.11. The molecule has 2 atom stereocenters. The van der Waals surface area contributed by atoms with Crippen LogP contribution in [0.1, 0.15) is 46.0 Å². The Kier molecular flexibility index (Phi) is 5.08. The summed E-state index contributed by atoms with van der Waals surface area (Å²) in [4.78, 5) is 16.4. The molecule has 20 heavy (non-hydrogen) atoms. The first-order chi connectivity index (χ1) is 9.45. The summed E-state index contributed by atoms with van der Waals surface area (Å²) in [6.45, 7) is 8.70. The second-order valence-corrected chi connectivity index (χ2v) is 7.06. The van der Waals surface area contributed by atoms with Crippen LogP contribution in [-0.4, -0.2) is 59.6 Å². The maximum atomic E-state index is 11.5. The van der Waals surface area contributed by atoms with Gasteiger partial charge in [0.05, 0.1) is 6.42 Å². The Bertz CT molecular complexity index is 337. The number of nitrogens with zero attached hydrogens (tertiary/aromatic N) is 2. The summed E-state index contributed by atoms with van der Waals surface area (Å²) >= 11 is 0. The van der Waals surface area contributed by atoms with E-state index in [4.69, 9.17) is 0 Å². The summed E-state index contributed by atoms with van der Waals surface area (Å²) in [5, 5.41) is 9.48. The zero-order valence-electron chi connectivity index (χ0n) is 13.3. The zero-order chi connectivity index (χ0) is 14.8. The van der Waals surface area contributed by atoms with Crippen molar-refractivity contribution in [2.45, 2.75) is 51.5 Å². The molecule has 1 N–H and O–H groups in total. The number of piperazine rings is 1. The minimum atomic E-state index is -0.628. The molecule has 1 saturated heterocycles. The van der Waals surface area contributed by atoms with Gasteiger partial charge in [-0.05, 0) is 31.7 Å². The topological polar surface area (TPSA) is 43.8 Å².